The first-order valence-corrected chi connectivity index (χ1v) is 6.47. The zero-order valence-electron chi connectivity index (χ0n) is 10.0. The Bertz CT molecular complexity index is 414. The SMILES string of the molecule is C=C/C=C(\C=C(\C)C=C)S(=O)(=O)NC(C)C. The summed E-state index contributed by atoms with van der Waals surface area (Å²) in [7, 11) is -3.47. The van der Waals surface area contributed by atoms with Crippen LogP contribution in [0.25, 0.3) is 0 Å². The minimum absolute atomic E-state index is 0.143. The van der Waals surface area contributed by atoms with Gasteiger partial charge < -0.3 is 0 Å². The van der Waals surface area contributed by atoms with Crippen molar-refractivity contribution in [3.8, 4) is 0 Å². The fraction of sp³-hybridized carbons (Fsp3) is 0.333. The first-order valence-electron chi connectivity index (χ1n) is 4.99. The molecule has 0 atom stereocenters. The summed E-state index contributed by atoms with van der Waals surface area (Å²) in [6.45, 7) is 12.4. The molecule has 0 spiro atoms. The van der Waals surface area contributed by atoms with Gasteiger partial charge in [-0.1, -0.05) is 30.9 Å². The molecule has 1 N–H and O–H groups in total. The lowest BCUT2D eigenvalue weighted by Crippen LogP contribution is -2.30. The van der Waals surface area contributed by atoms with Crippen LogP contribution in [0.15, 0.2) is 47.9 Å². The summed E-state index contributed by atoms with van der Waals surface area (Å²) < 4.78 is 26.3. The molecule has 0 aromatic carbocycles. The third kappa shape index (κ3) is 5.09. The van der Waals surface area contributed by atoms with Crippen LogP contribution in [0.1, 0.15) is 20.8 Å². The molecule has 16 heavy (non-hydrogen) atoms. The van der Waals surface area contributed by atoms with E-state index in [1.54, 1.807) is 32.9 Å². The smallest absolute Gasteiger partial charge is 0.209 e. The van der Waals surface area contributed by atoms with Gasteiger partial charge in [-0.15, -0.1) is 0 Å². The summed E-state index contributed by atoms with van der Waals surface area (Å²) in [6, 6.07) is -0.143. The topological polar surface area (TPSA) is 46.2 Å². The van der Waals surface area contributed by atoms with Crippen molar-refractivity contribution in [1.82, 2.24) is 4.72 Å². The molecule has 0 aromatic heterocycles. The summed E-state index contributed by atoms with van der Waals surface area (Å²) in [4.78, 5) is 0.189. The van der Waals surface area contributed by atoms with E-state index >= 15 is 0 Å². The largest absolute Gasteiger partial charge is 0.240 e. The molecule has 0 heterocycles. The van der Waals surface area contributed by atoms with Crippen LogP contribution in [-0.2, 0) is 10.0 Å². The highest BCUT2D eigenvalue weighted by Gasteiger charge is 2.15. The quantitative estimate of drug-likeness (QED) is 0.726. The van der Waals surface area contributed by atoms with Gasteiger partial charge in [-0.3, -0.25) is 0 Å². The average Bonchev–Trinajstić information content (AvgIpc) is 2.14. The van der Waals surface area contributed by atoms with E-state index in [-0.39, 0.29) is 10.9 Å². The van der Waals surface area contributed by atoms with Gasteiger partial charge in [0, 0.05) is 6.04 Å². The summed E-state index contributed by atoms with van der Waals surface area (Å²) in [5, 5.41) is 0. The third-order valence-corrected chi connectivity index (χ3v) is 3.33. The number of hydrogen-bond acceptors (Lipinski definition) is 2. The van der Waals surface area contributed by atoms with E-state index in [2.05, 4.69) is 17.9 Å². The van der Waals surface area contributed by atoms with Gasteiger partial charge in [-0.05, 0) is 32.9 Å². The molecule has 4 heteroatoms. The number of sulfonamides is 1. The highest BCUT2D eigenvalue weighted by Crippen LogP contribution is 2.11. The molecule has 0 saturated carbocycles. The molecule has 0 aliphatic heterocycles. The van der Waals surface area contributed by atoms with Crippen LogP contribution in [0.4, 0.5) is 0 Å². The molecule has 90 valence electrons. The lowest BCUT2D eigenvalue weighted by molar-refractivity contribution is 0.577. The van der Waals surface area contributed by atoms with E-state index in [4.69, 9.17) is 0 Å². The number of allylic oxidation sites excluding steroid dienone is 5. The van der Waals surface area contributed by atoms with Crippen LogP contribution in [0.3, 0.4) is 0 Å². The molecule has 0 radical (unpaired) electrons. The fourth-order valence-corrected chi connectivity index (χ4v) is 2.37. The van der Waals surface area contributed by atoms with Crippen molar-refractivity contribution in [3.05, 3.63) is 47.9 Å². The van der Waals surface area contributed by atoms with Gasteiger partial charge in [0.15, 0.2) is 0 Å². The fourth-order valence-electron chi connectivity index (χ4n) is 0.993. The van der Waals surface area contributed by atoms with Gasteiger partial charge in [-0.25, -0.2) is 13.1 Å². The van der Waals surface area contributed by atoms with Crippen molar-refractivity contribution in [2.45, 2.75) is 26.8 Å². The van der Waals surface area contributed by atoms with Crippen LogP contribution in [0.2, 0.25) is 0 Å². The number of nitrogens with one attached hydrogen (secondary N) is 1. The molecular weight excluding hydrogens is 222 g/mol. The molecule has 0 saturated heterocycles. The maximum absolute atomic E-state index is 11.9. The van der Waals surface area contributed by atoms with Crippen LogP contribution in [-0.4, -0.2) is 14.5 Å². The number of hydrogen-bond donors (Lipinski definition) is 1. The van der Waals surface area contributed by atoms with Crippen molar-refractivity contribution in [2.24, 2.45) is 0 Å². The minimum Gasteiger partial charge on any atom is -0.209 e. The monoisotopic (exact) mass is 241 g/mol. The Morgan fingerprint density at radius 1 is 1.31 bits per heavy atom. The van der Waals surface area contributed by atoms with Crippen molar-refractivity contribution < 1.29 is 8.42 Å². The first kappa shape index (κ1) is 14.9. The van der Waals surface area contributed by atoms with Gasteiger partial charge >= 0.3 is 0 Å². The molecule has 0 bridgehead atoms. The van der Waals surface area contributed by atoms with E-state index in [0.717, 1.165) is 5.57 Å². The molecule has 0 amide bonds. The lowest BCUT2D eigenvalue weighted by Gasteiger charge is -2.10. The molecule has 0 unspecified atom stereocenters. The Labute approximate surface area is 98.3 Å². The molecule has 3 nitrogen and oxygen atoms in total. The van der Waals surface area contributed by atoms with Crippen LogP contribution >= 0.6 is 0 Å². The van der Waals surface area contributed by atoms with E-state index in [1.165, 1.54) is 12.2 Å². The molecule has 0 fully saturated rings. The maximum Gasteiger partial charge on any atom is 0.240 e. The summed E-state index contributed by atoms with van der Waals surface area (Å²) in [5.74, 6) is 0. The van der Waals surface area contributed by atoms with E-state index in [0.29, 0.717) is 0 Å². The first-order chi connectivity index (χ1) is 7.33. The van der Waals surface area contributed by atoms with E-state index in [1.807, 2.05) is 0 Å². The molecular formula is C12H19NO2S. The zero-order valence-corrected chi connectivity index (χ0v) is 10.8. The highest BCUT2D eigenvalue weighted by molar-refractivity contribution is 7.93. The second kappa shape index (κ2) is 6.45. The van der Waals surface area contributed by atoms with Crippen LogP contribution < -0.4 is 4.72 Å². The highest BCUT2D eigenvalue weighted by atomic mass is 32.2. The second-order valence-corrected chi connectivity index (χ2v) is 5.39. The van der Waals surface area contributed by atoms with Crippen molar-refractivity contribution >= 4 is 10.0 Å². The van der Waals surface area contributed by atoms with E-state index < -0.39 is 10.0 Å². The van der Waals surface area contributed by atoms with Gasteiger partial charge in [-0.2, -0.15) is 0 Å². The van der Waals surface area contributed by atoms with E-state index in [9.17, 15) is 8.42 Å². The van der Waals surface area contributed by atoms with Crippen molar-refractivity contribution in [1.29, 1.82) is 0 Å². The Balaban J connectivity index is 5.32. The predicted molar refractivity (Wildman–Crippen MR) is 69.4 cm³/mol. The number of rotatable bonds is 6. The van der Waals surface area contributed by atoms with Gasteiger partial charge in [0.2, 0.25) is 10.0 Å². The molecule has 0 rings (SSSR count). The second-order valence-electron chi connectivity index (χ2n) is 3.67. The van der Waals surface area contributed by atoms with Crippen LogP contribution in [0.5, 0.6) is 0 Å². The van der Waals surface area contributed by atoms with Gasteiger partial charge in [0.1, 0.15) is 0 Å². The average molecular weight is 241 g/mol. The van der Waals surface area contributed by atoms with Gasteiger partial charge in [0.05, 0.1) is 4.91 Å². The minimum atomic E-state index is -3.47. The zero-order chi connectivity index (χ0) is 12.8. The normalized spacial score (nSPS) is 14.0. The van der Waals surface area contributed by atoms with Crippen LogP contribution in [0, 0.1) is 0 Å². The summed E-state index contributed by atoms with van der Waals surface area (Å²) in [5.41, 5.74) is 0.780. The molecule has 0 aliphatic carbocycles. The Kier molecular flexibility index (Phi) is 6.00. The Morgan fingerprint density at radius 3 is 2.25 bits per heavy atom. The Morgan fingerprint density at radius 2 is 1.88 bits per heavy atom. The molecule has 0 aliphatic rings. The lowest BCUT2D eigenvalue weighted by atomic mass is 10.2. The molecule has 0 aromatic rings. The van der Waals surface area contributed by atoms with Gasteiger partial charge in [0.25, 0.3) is 0 Å². The maximum atomic E-state index is 11.9. The Hall–Kier alpha value is -1.13. The van der Waals surface area contributed by atoms with Crippen molar-refractivity contribution in [2.75, 3.05) is 0 Å². The third-order valence-electron chi connectivity index (χ3n) is 1.68. The standard InChI is InChI=1S/C12H19NO2S/c1-6-8-12(9-11(5)7-2)16(14,15)13-10(3)4/h6-10,13H,1-2H2,3-5H3/b11-9-,12-8+. The predicted octanol–water partition coefficient (Wildman–Crippen LogP) is 2.52. The van der Waals surface area contributed by atoms with Crippen molar-refractivity contribution in [3.63, 3.8) is 0 Å². The summed E-state index contributed by atoms with van der Waals surface area (Å²) in [6.07, 6.45) is 6.06. The summed E-state index contributed by atoms with van der Waals surface area (Å²) >= 11 is 0.